The molecule has 22 heavy (non-hydrogen) atoms. The van der Waals surface area contributed by atoms with Crippen molar-refractivity contribution in [1.82, 2.24) is 4.72 Å². The first-order valence-electron chi connectivity index (χ1n) is 6.67. The van der Waals surface area contributed by atoms with Crippen molar-refractivity contribution in [3.63, 3.8) is 0 Å². The molecule has 0 bridgehead atoms. The summed E-state index contributed by atoms with van der Waals surface area (Å²) in [6.45, 7) is 2.29. The molecule has 1 saturated heterocycles. The van der Waals surface area contributed by atoms with Gasteiger partial charge in [-0.15, -0.1) is 13.2 Å². The number of ether oxygens (including phenoxy) is 2. The van der Waals surface area contributed by atoms with Crippen molar-refractivity contribution in [3.8, 4) is 5.75 Å². The van der Waals surface area contributed by atoms with Crippen LogP contribution in [0.4, 0.5) is 13.2 Å². The van der Waals surface area contributed by atoms with Crippen LogP contribution < -0.4 is 9.46 Å². The SMILES string of the molecule is C[C@@H](NS(=O)(=O)c1ccc(OC(F)(F)F)cc1)[C@@H]1CCCO1. The minimum absolute atomic E-state index is 0.133. The normalized spacial score (nSPS) is 20.8. The molecule has 2 atom stereocenters. The lowest BCUT2D eigenvalue weighted by molar-refractivity contribution is -0.274. The molecule has 0 aliphatic carbocycles. The Balaban J connectivity index is 2.05. The van der Waals surface area contributed by atoms with Crippen LogP contribution in [0.15, 0.2) is 29.2 Å². The molecule has 0 radical (unpaired) electrons. The average molecular weight is 339 g/mol. The maximum Gasteiger partial charge on any atom is 0.573 e. The summed E-state index contributed by atoms with van der Waals surface area (Å²) >= 11 is 0. The zero-order chi connectivity index (χ0) is 16.4. The van der Waals surface area contributed by atoms with Crippen LogP contribution >= 0.6 is 0 Å². The topological polar surface area (TPSA) is 64.6 Å². The average Bonchev–Trinajstić information content (AvgIpc) is 2.90. The fourth-order valence-electron chi connectivity index (χ4n) is 2.21. The summed E-state index contributed by atoms with van der Waals surface area (Å²) in [5.41, 5.74) is 0. The molecule has 1 fully saturated rings. The molecule has 1 aromatic carbocycles. The van der Waals surface area contributed by atoms with Crippen LogP contribution in [0.3, 0.4) is 0 Å². The molecule has 1 N–H and O–H groups in total. The second-order valence-corrected chi connectivity index (χ2v) is 6.69. The third kappa shape index (κ3) is 4.59. The van der Waals surface area contributed by atoms with Gasteiger partial charge in [-0.1, -0.05) is 0 Å². The van der Waals surface area contributed by atoms with E-state index in [1.54, 1.807) is 6.92 Å². The second-order valence-electron chi connectivity index (χ2n) is 4.98. The van der Waals surface area contributed by atoms with Crippen LogP contribution in [0.5, 0.6) is 5.75 Å². The highest BCUT2D eigenvalue weighted by molar-refractivity contribution is 7.89. The summed E-state index contributed by atoms with van der Waals surface area (Å²) in [6.07, 6.45) is -3.36. The standard InChI is InChI=1S/C13H16F3NO4S/c1-9(12-3-2-8-20-12)17-22(18,19)11-6-4-10(5-7-11)21-13(14,15)16/h4-7,9,12,17H,2-3,8H2,1H3/t9-,12+/m1/s1. The summed E-state index contributed by atoms with van der Waals surface area (Å²) in [7, 11) is -3.82. The van der Waals surface area contributed by atoms with Crippen molar-refractivity contribution in [2.24, 2.45) is 0 Å². The summed E-state index contributed by atoms with van der Waals surface area (Å²) in [4.78, 5) is -0.133. The number of nitrogens with one attached hydrogen (secondary N) is 1. The summed E-state index contributed by atoms with van der Waals surface area (Å²) < 4.78 is 72.1. The number of hydrogen-bond donors (Lipinski definition) is 1. The zero-order valence-corrected chi connectivity index (χ0v) is 12.6. The molecule has 5 nitrogen and oxygen atoms in total. The van der Waals surface area contributed by atoms with Gasteiger partial charge in [0.05, 0.1) is 11.0 Å². The molecule has 2 rings (SSSR count). The number of halogens is 3. The van der Waals surface area contributed by atoms with Crippen LogP contribution in [0.1, 0.15) is 19.8 Å². The Morgan fingerprint density at radius 1 is 1.32 bits per heavy atom. The number of sulfonamides is 1. The van der Waals surface area contributed by atoms with Gasteiger partial charge in [-0.05, 0) is 44.0 Å². The number of rotatable bonds is 5. The number of alkyl halides is 3. The Bertz CT molecular complexity index is 595. The van der Waals surface area contributed by atoms with Crippen LogP contribution in [0.25, 0.3) is 0 Å². The third-order valence-electron chi connectivity index (χ3n) is 3.23. The molecule has 0 amide bonds. The molecule has 1 aliphatic heterocycles. The van der Waals surface area contributed by atoms with Crippen molar-refractivity contribution >= 4 is 10.0 Å². The highest BCUT2D eigenvalue weighted by atomic mass is 32.2. The molecule has 0 aromatic heterocycles. The van der Waals surface area contributed by atoms with Gasteiger partial charge in [0.2, 0.25) is 10.0 Å². The smallest absolute Gasteiger partial charge is 0.406 e. The monoisotopic (exact) mass is 339 g/mol. The summed E-state index contributed by atoms with van der Waals surface area (Å²) in [5, 5.41) is 0. The highest BCUT2D eigenvalue weighted by Crippen LogP contribution is 2.24. The maximum absolute atomic E-state index is 12.2. The van der Waals surface area contributed by atoms with E-state index in [4.69, 9.17) is 4.74 Å². The largest absolute Gasteiger partial charge is 0.573 e. The zero-order valence-electron chi connectivity index (χ0n) is 11.8. The lowest BCUT2D eigenvalue weighted by Gasteiger charge is -2.20. The molecule has 1 heterocycles. The first-order chi connectivity index (χ1) is 10.2. The Kier molecular flexibility index (Phi) is 4.98. The van der Waals surface area contributed by atoms with E-state index >= 15 is 0 Å². The second kappa shape index (κ2) is 6.43. The Labute approximate surface area is 126 Å². The third-order valence-corrected chi connectivity index (χ3v) is 4.81. The van der Waals surface area contributed by atoms with Crippen molar-refractivity contribution in [1.29, 1.82) is 0 Å². The Morgan fingerprint density at radius 3 is 2.45 bits per heavy atom. The molecule has 0 unspecified atom stereocenters. The Morgan fingerprint density at radius 2 is 1.95 bits per heavy atom. The molecule has 124 valence electrons. The summed E-state index contributed by atoms with van der Waals surface area (Å²) in [6, 6.07) is 3.62. The number of hydrogen-bond acceptors (Lipinski definition) is 4. The molecule has 1 aliphatic rings. The molecule has 9 heteroatoms. The highest BCUT2D eigenvalue weighted by Gasteiger charge is 2.31. The molecular formula is C13H16F3NO4S. The van der Waals surface area contributed by atoms with Crippen molar-refractivity contribution in [3.05, 3.63) is 24.3 Å². The van der Waals surface area contributed by atoms with E-state index in [1.807, 2.05) is 0 Å². The van der Waals surface area contributed by atoms with Gasteiger partial charge in [0.25, 0.3) is 0 Å². The van der Waals surface area contributed by atoms with Gasteiger partial charge in [-0.2, -0.15) is 0 Å². The van der Waals surface area contributed by atoms with Crippen molar-refractivity contribution < 1.29 is 31.1 Å². The minimum Gasteiger partial charge on any atom is -0.406 e. The van der Waals surface area contributed by atoms with Gasteiger partial charge in [0.15, 0.2) is 0 Å². The van der Waals surface area contributed by atoms with Crippen molar-refractivity contribution in [2.45, 2.75) is 43.2 Å². The van der Waals surface area contributed by atoms with Crippen LogP contribution in [0.2, 0.25) is 0 Å². The first kappa shape index (κ1) is 17.0. The molecule has 0 saturated carbocycles. The van der Waals surface area contributed by atoms with E-state index in [0.717, 1.165) is 37.1 Å². The van der Waals surface area contributed by atoms with Crippen molar-refractivity contribution in [2.75, 3.05) is 6.61 Å². The van der Waals surface area contributed by atoms with Gasteiger partial charge in [0, 0.05) is 12.6 Å². The van der Waals surface area contributed by atoms with Gasteiger partial charge < -0.3 is 9.47 Å². The van der Waals surface area contributed by atoms with Crippen LogP contribution in [-0.4, -0.2) is 33.5 Å². The minimum atomic E-state index is -4.81. The lowest BCUT2D eigenvalue weighted by atomic mass is 10.1. The van der Waals surface area contributed by atoms with Crippen LogP contribution in [0, 0.1) is 0 Å². The predicted octanol–water partition coefficient (Wildman–Crippen LogP) is 2.43. The fraction of sp³-hybridized carbons (Fsp3) is 0.538. The van der Waals surface area contributed by atoms with Crippen LogP contribution in [-0.2, 0) is 14.8 Å². The first-order valence-corrected chi connectivity index (χ1v) is 8.15. The Hall–Kier alpha value is -1.32. The molecule has 1 aromatic rings. The quantitative estimate of drug-likeness (QED) is 0.895. The maximum atomic E-state index is 12.2. The van der Waals surface area contributed by atoms with E-state index in [1.165, 1.54) is 0 Å². The number of benzene rings is 1. The predicted molar refractivity (Wildman–Crippen MR) is 71.9 cm³/mol. The molecular weight excluding hydrogens is 323 g/mol. The van der Waals surface area contributed by atoms with Gasteiger partial charge in [0.1, 0.15) is 5.75 Å². The van der Waals surface area contributed by atoms with Gasteiger partial charge >= 0.3 is 6.36 Å². The van der Waals surface area contributed by atoms with E-state index in [0.29, 0.717) is 6.61 Å². The van der Waals surface area contributed by atoms with E-state index in [2.05, 4.69) is 9.46 Å². The lowest BCUT2D eigenvalue weighted by Crippen LogP contribution is -2.40. The van der Waals surface area contributed by atoms with Gasteiger partial charge in [-0.25, -0.2) is 13.1 Å². The van der Waals surface area contributed by atoms with E-state index in [-0.39, 0.29) is 11.0 Å². The van der Waals surface area contributed by atoms with E-state index < -0.39 is 28.2 Å². The molecule has 0 spiro atoms. The van der Waals surface area contributed by atoms with Gasteiger partial charge in [-0.3, -0.25) is 0 Å². The summed E-state index contributed by atoms with van der Waals surface area (Å²) in [5.74, 6) is -0.473. The van der Waals surface area contributed by atoms with E-state index in [9.17, 15) is 21.6 Å². The fourth-order valence-corrected chi connectivity index (χ4v) is 3.48.